The summed E-state index contributed by atoms with van der Waals surface area (Å²) in [5, 5.41) is 10.4. The van der Waals surface area contributed by atoms with Crippen LogP contribution in [-0.2, 0) is 9.59 Å². The average molecular weight is 318 g/mol. The molecule has 4 aliphatic rings. The highest BCUT2D eigenvalue weighted by molar-refractivity contribution is 5.87. The topological polar surface area (TPSA) is 54.4 Å². The molecular weight excluding hydrogens is 288 g/mol. The summed E-state index contributed by atoms with van der Waals surface area (Å²) in [4.78, 5) is 24.5. The smallest absolute Gasteiger partial charge is 0.139 e. The molecule has 0 aromatic carbocycles. The Morgan fingerprint density at radius 2 is 1.78 bits per heavy atom. The van der Waals surface area contributed by atoms with Gasteiger partial charge in [-0.25, -0.2) is 0 Å². The van der Waals surface area contributed by atoms with E-state index >= 15 is 0 Å². The van der Waals surface area contributed by atoms with E-state index in [-0.39, 0.29) is 22.9 Å². The normalized spacial score (nSPS) is 52.7. The number of ketones is 2. The van der Waals surface area contributed by atoms with Crippen molar-refractivity contribution in [2.24, 2.45) is 34.0 Å². The molecule has 0 aliphatic heterocycles. The Labute approximate surface area is 139 Å². The van der Waals surface area contributed by atoms with Gasteiger partial charge >= 0.3 is 0 Å². The summed E-state index contributed by atoms with van der Waals surface area (Å²) < 4.78 is 0. The van der Waals surface area contributed by atoms with E-state index in [2.05, 4.69) is 13.8 Å². The minimum absolute atomic E-state index is 0.0331. The van der Waals surface area contributed by atoms with Crippen LogP contribution in [0.25, 0.3) is 0 Å². The van der Waals surface area contributed by atoms with E-state index < -0.39 is 0 Å². The van der Waals surface area contributed by atoms with Gasteiger partial charge in [-0.3, -0.25) is 9.59 Å². The molecule has 0 spiro atoms. The van der Waals surface area contributed by atoms with Gasteiger partial charge in [0.1, 0.15) is 11.6 Å². The lowest BCUT2D eigenvalue weighted by Crippen LogP contribution is -2.60. The Hall–Kier alpha value is -0.700. The van der Waals surface area contributed by atoms with Crippen LogP contribution in [0.2, 0.25) is 0 Å². The van der Waals surface area contributed by atoms with Gasteiger partial charge in [0.05, 0.1) is 0 Å². The second-order valence-electron chi connectivity index (χ2n) is 9.42. The summed E-state index contributed by atoms with van der Waals surface area (Å²) in [7, 11) is 0. The summed E-state index contributed by atoms with van der Waals surface area (Å²) in [6.45, 7) is 4.67. The van der Waals surface area contributed by atoms with Gasteiger partial charge in [-0.2, -0.15) is 0 Å². The summed E-state index contributed by atoms with van der Waals surface area (Å²) in [6, 6.07) is 0. The van der Waals surface area contributed by atoms with E-state index in [4.69, 9.17) is 0 Å². The van der Waals surface area contributed by atoms with Crippen molar-refractivity contribution in [1.82, 2.24) is 0 Å². The number of carbonyl (C=O) groups excluding carboxylic acids is 2. The Bertz CT molecular complexity index is 555. The highest BCUT2D eigenvalue weighted by Crippen LogP contribution is 2.68. The van der Waals surface area contributed by atoms with Crippen LogP contribution in [0.1, 0.15) is 71.6 Å². The molecule has 4 rings (SSSR count). The summed E-state index contributed by atoms with van der Waals surface area (Å²) in [5.41, 5.74) is -0.221. The maximum Gasteiger partial charge on any atom is 0.139 e. The van der Waals surface area contributed by atoms with Crippen molar-refractivity contribution in [2.45, 2.75) is 71.6 Å². The Balaban J connectivity index is 1.72. The fraction of sp³-hybridized carbons (Fsp3) is 0.900. The number of aliphatic hydroxyl groups is 1. The van der Waals surface area contributed by atoms with Crippen molar-refractivity contribution in [3.8, 4) is 0 Å². The predicted molar refractivity (Wildman–Crippen MR) is 87.8 cm³/mol. The molecular formula is C20H30O3. The molecule has 0 amide bonds. The lowest BCUT2D eigenvalue weighted by atomic mass is 9.40. The van der Waals surface area contributed by atoms with Crippen LogP contribution in [-0.4, -0.2) is 23.3 Å². The molecule has 5 unspecified atom stereocenters. The molecule has 0 heterocycles. The van der Waals surface area contributed by atoms with Gasteiger partial charge in [-0.1, -0.05) is 13.8 Å². The number of hydrogen-bond acceptors (Lipinski definition) is 3. The zero-order chi connectivity index (χ0) is 16.5. The van der Waals surface area contributed by atoms with E-state index in [9.17, 15) is 14.7 Å². The van der Waals surface area contributed by atoms with Gasteiger partial charge in [0, 0.05) is 36.7 Å². The predicted octanol–water partition coefficient (Wildman–Crippen LogP) is 3.53. The van der Waals surface area contributed by atoms with Gasteiger partial charge in [-0.05, 0) is 61.7 Å². The average Bonchev–Trinajstić information content (AvgIpc) is 2.82. The molecule has 0 aromatic heterocycles. The van der Waals surface area contributed by atoms with E-state index in [0.29, 0.717) is 42.2 Å². The van der Waals surface area contributed by atoms with Crippen LogP contribution < -0.4 is 0 Å². The number of fused-ring (bicyclic) bond motifs is 5. The molecule has 1 N–H and O–H groups in total. The fourth-order valence-corrected chi connectivity index (χ4v) is 7.35. The number of rotatable bonds is 1. The summed E-state index contributed by atoms with van der Waals surface area (Å²) in [5.74, 6) is 2.45. The van der Waals surface area contributed by atoms with Crippen molar-refractivity contribution in [3.63, 3.8) is 0 Å². The molecule has 128 valence electrons. The van der Waals surface area contributed by atoms with Crippen molar-refractivity contribution in [1.29, 1.82) is 0 Å². The molecule has 4 aliphatic carbocycles. The lowest BCUT2D eigenvalue weighted by Gasteiger charge is -2.64. The van der Waals surface area contributed by atoms with Crippen molar-refractivity contribution >= 4 is 11.6 Å². The number of aliphatic hydroxyl groups excluding tert-OH is 1. The third-order valence-electron chi connectivity index (χ3n) is 8.81. The third-order valence-corrected chi connectivity index (χ3v) is 8.81. The second-order valence-corrected chi connectivity index (χ2v) is 9.42. The molecule has 6 atom stereocenters. The molecule has 3 nitrogen and oxygen atoms in total. The minimum atomic E-state index is -0.101. The number of Topliss-reactive ketones (excluding diaryl/α,β-unsaturated/α-hetero) is 2. The molecule has 3 heteroatoms. The highest BCUT2D eigenvalue weighted by atomic mass is 16.3. The van der Waals surface area contributed by atoms with Crippen molar-refractivity contribution < 1.29 is 14.7 Å². The quantitative estimate of drug-likeness (QED) is 0.804. The maximum atomic E-state index is 12.4. The van der Waals surface area contributed by atoms with E-state index in [0.717, 1.165) is 44.9 Å². The summed E-state index contributed by atoms with van der Waals surface area (Å²) >= 11 is 0. The van der Waals surface area contributed by atoms with Gasteiger partial charge in [0.15, 0.2) is 0 Å². The van der Waals surface area contributed by atoms with Crippen LogP contribution in [0, 0.1) is 34.0 Å². The zero-order valence-electron chi connectivity index (χ0n) is 14.6. The first-order chi connectivity index (χ1) is 10.9. The summed E-state index contributed by atoms with van der Waals surface area (Å²) in [6.07, 6.45) is 8.19. The fourth-order valence-electron chi connectivity index (χ4n) is 7.35. The lowest BCUT2D eigenvalue weighted by molar-refractivity contribution is -0.181. The van der Waals surface area contributed by atoms with Gasteiger partial charge in [-0.15, -0.1) is 0 Å². The number of carbonyl (C=O) groups is 2. The Kier molecular flexibility index (Phi) is 3.37. The van der Waals surface area contributed by atoms with Crippen LogP contribution >= 0.6 is 0 Å². The van der Waals surface area contributed by atoms with Gasteiger partial charge < -0.3 is 5.11 Å². The van der Waals surface area contributed by atoms with E-state index in [1.807, 2.05) is 0 Å². The zero-order valence-corrected chi connectivity index (χ0v) is 14.6. The molecule has 4 fully saturated rings. The first-order valence-electron chi connectivity index (χ1n) is 9.52. The molecule has 0 aromatic rings. The minimum Gasteiger partial charge on any atom is -0.396 e. The standard InChI is InChI=1S/C20H30O3/c1-18-8-6-14-15-3-4-17(23)19(15,2)9-7-16(14)20(18,12-21)10-5-13(22)11-18/h14-16,21H,3-12H2,1-2H3/t14?,15?,16?,18-,19?,20?/m0/s1. The number of hydrogen-bond donors (Lipinski definition) is 1. The monoisotopic (exact) mass is 318 g/mol. The van der Waals surface area contributed by atoms with E-state index in [1.54, 1.807) is 0 Å². The van der Waals surface area contributed by atoms with Gasteiger partial charge in [0.25, 0.3) is 0 Å². The largest absolute Gasteiger partial charge is 0.396 e. The second kappa shape index (κ2) is 4.91. The Morgan fingerprint density at radius 1 is 1.00 bits per heavy atom. The van der Waals surface area contributed by atoms with Crippen LogP contribution in [0.15, 0.2) is 0 Å². The molecule has 0 radical (unpaired) electrons. The van der Waals surface area contributed by atoms with Crippen molar-refractivity contribution in [3.05, 3.63) is 0 Å². The SMILES string of the molecule is CC12CCC3C(CC[C@@]4(C)CC(=O)CCC34CO)C1CCC2=O. The first kappa shape index (κ1) is 15.8. The highest BCUT2D eigenvalue weighted by Gasteiger charge is 2.64. The molecule has 23 heavy (non-hydrogen) atoms. The van der Waals surface area contributed by atoms with Crippen molar-refractivity contribution in [2.75, 3.05) is 6.61 Å². The first-order valence-corrected chi connectivity index (χ1v) is 9.52. The van der Waals surface area contributed by atoms with E-state index in [1.165, 1.54) is 0 Å². The van der Waals surface area contributed by atoms with Crippen LogP contribution in [0.5, 0.6) is 0 Å². The van der Waals surface area contributed by atoms with Gasteiger partial charge in [0.2, 0.25) is 0 Å². The molecule has 4 saturated carbocycles. The Morgan fingerprint density at radius 3 is 2.52 bits per heavy atom. The third kappa shape index (κ3) is 1.86. The maximum absolute atomic E-state index is 12.4. The van der Waals surface area contributed by atoms with Crippen LogP contribution in [0.4, 0.5) is 0 Å². The molecule has 0 saturated heterocycles. The van der Waals surface area contributed by atoms with Crippen LogP contribution in [0.3, 0.4) is 0 Å². The molecule has 0 bridgehead atoms.